The molecule has 0 fully saturated rings. The van der Waals surface area contributed by atoms with E-state index in [1.807, 2.05) is 77.1 Å². The first-order chi connectivity index (χ1) is 13.3. The zero-order valence-corrected chi connectivity index (χ0v) is 17.0. The zero-order chi connectivity index (χ0) is 20.4. The molecule has 1 aliphatic rings. The van der Waals surface area contributed by atoms with E-state index < -0.39 is 0 Å². The quantitative estimate of drug-likeness (QED) is 0.762. The third kappa shape index (κ3) is 3.52. The molecule has 0 saturated carbocycles. The summed E-state index contributed by atoms with van der Waals surface area (Å²) in [5.41, 5.74) is 4.19. The maximum Gasteiger partial charge on any atom is 0.278 e. The minimum atomic E-state index is -0.318. The van der Waals surface area contributed by atoms with E-state index in [2.05, 4.69) is 5.32 Å². The normalized spacial score (nSPS) is 14.3. The Morgan fingerprint density at radius 2 is 1.75 bits per heavy atom. The number of carbonyl (C=O) groups excluding carboxylic acids is 2. The standard InChI is InChI=1S/C23H26N2O3/c1-6-28-19-10-8-7-9-18(19)24-21-20(17-12-11-15(4)13-16(17)5)22(26)25(14(2)3)23(21)27/h7-14,24H,6H2,1-5H3. The Balaban J connectivity index is 2.15. The summed E-state index contributed by atoms with van der Waals surface area (Å²) in [7, 11) is 0. The molecule has 0 spiro atoms. The Kier molecular flexibility index (Phi) is 5.54. The molecule has 1 aliphatic heterocycles. The molecule has 1 heterocycles. The monoisotopic (exact) mass is 378 g/mol. The SMILES string of the molecule is CCOc1ccccc1NC1=C(c2ccc(C)cc2C)C(=O)N(C(C)C)C1=O. The molecule has 5 nitrogen and oxygen atoms in total. The van der Waals surface area contributed by atoms with Crippen LogP contribution < -0.4 is 10.1 Å². The topological polar surface area (TPSA) is 58.6 Å². The first-order valence-corrected chi connectivity index (χ1v) is 9.53. The van der Waals surface area contributed by atoms with Crippen LogP contribution in [0.3, 0.4) is 0 Å². The van der Waals surface area contributed by atoms with E-state index in [1.165, 1.54) is 4.90 Å². The molecule has 0 saturated heterocycles. The van der Waals surface area contributed by atoms with Crippen LogP contribution in [0.5, 0.6) is 5.75 Å². The third-order valence-corrected chi connectivity index (χ3v) is 4.73. The minimum Gasteiger partial charge on any atom is -0.492 e. The van der Waals surface area contributed by atoms with Crippen molar-refractivity contribution in [2.24, 2.45) is 0 Å². The summed E-state index contributed by atoms with van der Waals surface area (Å²) in [6, 6.07) is 13.1. The molecule has 2 amide bonds. The van der Waals surface area contributed by atoms with E-state index in [0.717, 1.165) is 16.7 Å². The van der Waals surface area contributed by atoms with Crippen molar-refractivity contribution in [3.63, 3.8) is 0 Å². The van der Waals surface area contributed by atoms with Gasteiger partial charge in [0, 0.05) is 6.04 Å². The smallest absolute Gasteiger partial charge is 0.278 e. The number of imide groups is 1. The molecule has 0 aliphatic carbocycles. The highest BCUT2D eigenvalue weighted by Crippen LogP contribution is 2.35. The summed E-state index contributed by atoms with van der Waals surface area (Å²) in [6.45, 7) is 10.1. The van der Waals surface area contributed by atoms with Crippen molar-refractivity contribution in [1.29, 1.82) is 0 Å². The van der Waals surface area contributed by atoms with Gasteiger partial charge in [0.2, 0.25) is 0 Å². The Morgan fingerprint density at radius 1 is 1.04 bits per heavy atom. The molecular formula is C23H26N2O3. The Hall–Kier alpha value is -3.08. The van der Waals surface area contributed by atoms with Crippen LogP contribution in [0.1, 0.15) is 37.5 Å². The lowest BCUT2D eigenvalue weighted by atomic mass is 9.97. The lowest BCUT2D eigenvalue weighted by Gasteiger charge is -2.19. The highest BCUT2D eigenvalue weighted by molar-refractivity contribution is 6.37. The number of hydrogen-bond donors (Lipinski definition) is 1. The average Bonchev–Trinajstić information content (AvgIpc) is 2.87. The second-order valence-electron chi connectivity index (χ2n) is 7.20. The number of benzene rings is 2. The van der Waals surface area contributed by atoms with Crippen LogP contribution in [0.2, 0.25) is 0 Å². The van der Waals surface area contributed by atoms with Gasteiger partial charge < -0.3 is 10.1 Å². The Labute approximate surface area is 166 Å². The Morgan fingerprint density at radius 3 is 2.39 bits per heavy atom. The van der Waals surface area contributed by atoms with Crippen molar-refractivity contribution in [2.45, 2.75) is 40.7 Å². The van der Waals surface area contributed by atoms with E-state index in [-0.39, 0.29) is 23.6 Å². The summed E-state index contributed by atoms with van der Waals surface area (Å²) in [5.74, 6) is 0.0466. The molecule has 0 radical (unpaired) electrons. The molecular weight excluding hydrogens is 352 g/mol. The van der Waals surface area contributed by atoms with Crippen LogP contribution in [0.4, 0.5) is 5.69 Å². The van der Waals surface area contributed by atoms with Crippen LogP contribution in [-0.4, -0.2) is 29.4 Å². The first-order valence-electron chi connectivity index (χ1n) is 9.53. The molecule has 146 valence electrons. The van der Waals surface area contributed by atoms with Gasteiger partial charge in [0.25, 0.3) is 11.8 Å². The van der Waals surface area contributed by atoms with Gasteiger partial charge in [-0.05, 0) is 57.9 Å². The molecule has 0 unspecified atom stereocenters. The van der Waals surface area contributed by atoms with Gasteiger partial charge in [0.15, 0.2) is 0 Å². The third-order valence-electron chi connectivity index (χ3n) is 4.73. The lowest BCUT2D eigenvalue weighted by molar-refractivity contribution is -0.138. The number of ether oxygens (including phenoxy) is 1. The summed E-state index contributed by atoms with van der Waals surface area (Å²) < 4.78 is 5.67. The van der Waals surface area contributed by atoms with Crippen molar-refractivity contribution >= 4 is 23.1 Å². The van der Waals surface area contributed by atoms with Gasteiger partial charge in [-0.2, -0.15) is 0 Å². The van der Waals surface area contributed by atoms with Crippen LogP contribution >= 0.6 is 0 Å². The zero-order valence-electron chi connectivity index (χ0n) is 17.0. The molecule has 0 aromatic heterocycles. The number of nitrogens with one attached hydrogen (secondary N) is 1. The van der Waals surface area contributed by atoms with Crippen molar-refractivity contribution in [3.05, 3.63) is 64.9 Å². The maximum atomic E-state index is 13.2. The molecule has 2 aromatic rings. The largest absolute Gasteiger partial charge is 0.492 e. The van der Waals surface area contributed by atoms with E-state index >= 15 is 0 Å². The molecule has 2 aromatic carbocycles. The number of anilines is 1. The number of carbonyl (C=O) groups is 2. The van der Waals surface area contributed by atoms with Gasteiger partial charge in [-0.1, -0.05) is 35.9 Å². The van der Waals surface area contributed by atoms with Crippen molar-refractivity contribution in [3.8, 4) is 5.75 Å². The number of nitrogens with zero attached hydrogens (tertiary/aromatic N) is 1. The molecule has 0 atom stereocenters. The van der Waals surface area contributed by atoms with Crippen molar-refractivity contribution in [2.75, 3.05) is 11.9 Å². The fourth-order valence-corrected chi connectivity index (χ4v) is 3.46. The molecule has 0 bridgehead atoms. The first kappa shape index (κ1) is 19.7. The minimum absolute atomic E-state index is 0.234. The van der Waals surface area contributed by atoms with Gasteiger partial charge in [-0.3, -0.25) is 14.5 Å². The number of hydrogen-bond acceptors (Lipinski definition) is 4. The number of aryl methyl sites for hydroxylation is 2. The molecule has 1 N–H and O–H groups in total. The predicted molar refractivity (Wildman–Crippen MR) is 111 cm³/mol. The van der Waals surface area contributed by atoms with Gasteiger partial charge in [-0.25, -0.2) is 0 Å². The fourth-order valence-electron chi connectivity index (χ4n) is 3.46. The van der Waals surface area contributed by atoms with Crippen LogP contribution in [0.15, 0.2) is 48.2 Å². The maximum absolute atomic E-state index is 13.2. The summed E-state index contributed by atoms with van der Waals surface area (Å²) >= 11 is 0. The van der Waals surface area contributed by atoms with Crippen LogP contribution in [0.25, 0.3) is 5.57 Å². The predicted octanol–water partition coefficient (Wildman–Crippen LogP) is 4.30. The highest BCUT2D eigenvalue weighted by Gasteiger charge is 2.41. The lowest BCUT2D eigenvalue weighted by Crippen LogP contribution is -2.38. The summed E-state index contributed by atoms with van der Waals surface area (Å²) in [5, 5.41) is 3.19. The average molecular weight is 378 g/mol. The van der Waals surface area contributed by atoms with Crippen molar-refractivity contribution < 1.29 is 14.3 Å². The molecule has 3 rings (SSSR count). The molecule has 28 heavy (non-hydrogen) atoms. The van der Waals surface area contributed by atoms with Gasteiger partial charge in [0.1, 0.15) is 11.4 Å². The molecule has 5 heteroatoms. The number of para-hydroxylation sites is 2. The van der Waals surface area contributed by atoms with E-state index in [9.17, 15) is 9.59 Å². The fraction of sp³-hybridized carbons (Fsp3) is 0.304. The number of rotatable bonds is 6. The van der Waals surface area contributed by atoms with Gasteiger partial charge in [-0.15, -0.1) is 0 Å². The van der Waals surface area contributed by atoms with E-state index in [1.54, 1.807) is 0 Å². The van der Waals surface area contributed by atoms with E-state index in [4.69, 9.17) is 4.74 Å². The summed E-state index contributed by atoms with van der Waals surface area (Å²) in [6.07, 6.45) is 0. The van der Waals surface area contributed by atoms with Crippen molar-refractivity contribution in [1.82, 2.24) is 4.90 Å². The van der Waals surface area contributed by atoms with Gasteiger partial charge in [0.05, 0.1) is 17.9 Å². The number of amides is 2. The second-order valence-corrected chi connectivity index (χ2v) is 7.20. The van der Waals surface area contributed by atoms with Gasteiger partial charge >= 0.3 is 0 Å². The Bertz CT molecular complexity index is 960. The second kappa shape index (κ2) is 7.89. The highest BCUT2D eigenvalue weighted by atomic mass is 16.5. The van der Waals surface area contributed by atoms with Crippen LogP contribution in [0, 0.1) is 13.8 Å². The summed E-state index contributed by atoms with van der Waals surface area (Å²) in [4.78, 5) is 27.6. The van der Waals surface area contributed by atoms with Crippen LogP contribution in [-0.2, 0) is 9.59 Å². The van der Waals surface area contributed by atoms with E-state index in [0.29, 0.717) is 23.6 Å².